The summed E-state index contributed by atoms with van der Waals surface area (Å²) in [6, 6.07) is 6.23. The van der Waals surface area contributed by atoms with Crippen LogP contribution in [0.1, 0.15) is 0 Å². The molecule has 2 rings (SSSR count). The van der Waals surface area contributed by atoms with Gasteiger partial charge >= 0.3 is 18.0 Å². The number of rotatable bonds is 10. The molecule has 0 aliphatic carbocycles. The molecule has 1 aromatic carbocycles. The highest BCUT2D eigenvalue weighted by molar-refractivity contribution is 5.89. The van der Waals surface area contributed by atoms with E-state index in [-0.39, 0.29) is 18.4 Å². The Kier molecular flexibility index (Phi) is 12.9. The summed E-state index contributed by atoms with van der Waals surface area (Å²) in [6.45, 7) is 3.97. The van der Waals surface area contributed by atoms with E-state index in [9.17, 15) is 19.5 Å². The van der Waals surface area contributed by atoms with E-state index in [4.69, 9.17) is 24.8 Å². The van der Waals surface area contributed by atoms with E-state index >= 15 is 0 Å². The number of urea groups is 1. The molecule has 0 radical (unpaired) electrons. The maximum absolute atomic E-state index is 11.8. The molecule has 32 heavy (non-hydrogen) atoms. The Morgan fingerprint density at radius 2 is 1.66 bits per heavy atom. The number of aromatic hydroxyl groups is 1. The second kappa shape index (κ2) is 15.5. The van der Waals surface area contributed by atoms with E-state index in [1.165, 1.54) is 12.1 Å². The van der Waals surface area contributed by atoms with E-state index in [2.05, 4.69) is 10.6 Å². The number of hydrogen-bond donors (Lipinski definition) is 6. The minimum atomic E-state index is -1.26. The quantitative estimate of drug-likeness (QED) is 0.199. The van der Waals surface area contributed by atoms with Gasteiger partial charge in [0.25, 0.3) is 0 Å². The van der Waals surface area contributed by atoms with Gasteiger partial charge in [-0.1, -0.05) is 0 Å². The third-order valence-corrected chi connectivity index (χ3v) is 3.90. The number of carbonyl (C=O) groups excluding carboxylic acids is 1. The lowest BCUT2D eigenvalue weighted by Crippen LogP contribution is -2.47. The van der Waals surface area contributed by atoms with E-state index in [1.54, 1.807) is 17.0 Å². The van der Waals surface area contributed by atoms with E-state index in [1.807, 2.05) is 0 Å². The van der Waals surface area contributed by atoms with Crippen molar-refractivity contribution < 1.29 is 44.3 Å². The number of carboxylic acids is 2. The van der Waals surface area contributed by atoms with E-state index in [0.717, 1.165) is 0 Å². The first-order valence-electron chi connectivity index (χ1n) is 9.83. The molecule has 0 aromatic heterocycles. The van der Waals surface area contributed by atoms with Crippen molar-refractivity contribution in [2.45, 2.75) is 6.10 Å². The molecule has 1 fully saturated rings. The van der Waals surface area contributed by atoms with Crippen LogP contribution < -0.4 is 15.4 Å². The summed E-state index contributed by atoms with van der Waals surface area (Å²) in [5, 5.41) is 40.5. The van der Waals surface area contributed by atoms with Gasteiger partial charge in [-0.3, -0.25) is 0 Å². The number of benzene rings is 1. The van der Waals surface area contributed by atoms with Crippen LogP contribution in [0.25, 0.3) is 0 Å². The molecule has 1 aromatic rings. The summed E-state index contributed by atoms with van der Waals surface area (Å²) in [6.07, 6.45) is 0.457. The Morgan fingerprint density at radius 3 is 2.22 bits per heavy atom. The Bertz CT molecular complexity index is 718. The van der Waals surface area contributed by atoms with Crippen molar-refractivity contribution in [1.82, 2.24) is 15.5 Å². The summed E-state index contributed by atoms with van der Waals surface area (Å²) >= 11 is 0. The fraction of sp³-hybridized carbons (Fsp3) is 0.450. The van der Waals surface area contributed by atoms with Crippen LogP contribution in [0, 0.1) is 0 Å². The van der Waals surface area contributed by atoms with Gasteiger partial charge in [-0.2, -0.15) is 0 Å². The lowest BCUT2D eigenvalue weighted by Gasteiger charge is -2.27. The Labute approximate surface area is 185 Å². The first kappa shape index (κ1) is 26.7. The molecule has 1 atom stereocenters. The fourth-order valence-electron chi connectivity index (χ4n) is 2.34. The van der Waals surface area contributed by atoms with Crippen molar-refractivity contribution in [3.8, 4) is 11.5 Å². The van der Waals surface area contributed by atoms with Crippen molar-refractivity contribution >= 4 is 18.0 Å². The number of nitrogens with zero attached hydrogens (tertiary/aromatic N) is 1. The number of phenolic OH excluding ortho intramolecular Hbond substituents is 1. The Morgan fingerprint density at radius 1 is 1.06 bits per heavy atom. The van der Waals surface area contributed by atoms with Gasteiger partial charge in [0, 0.05) is 44.9 Å². The second-order valence-electron chi connectivity index (χ2n) is 6.50. The highest BCUT2D eigenvalue weighted by atomic mass is 16.5. The SMILES string of the molecule is O=C(NCCNCC(O)COc1ccc(O)cc1)N1CCOCC1.O=C(O)C=CC(=O)O. The first-order chi connectivity index (χ1) is 15.3. The number of aliphatic hydroxyl groups is 1. The van der Waals surface area contributed by atoms with Crippen molar-refractivity contribution in [3.63, 3.8) is 0 Å². The molecule has 1 heterocycles. The second-order valence-corrected chi connectivity index (χ2v) is 6.50. The molecule has 12 heteroatoms. The van der Waals surface area contributed by atoms with Crippen LogP contribution >= 0.6 is 0 Å². The molecule has 0 bridgehead atoms. The van der Waals surface area contributed by atoms with Crippen LogP contribution in [0.5, 0.6) is 11.5 Å². The van der Waals surface area contributed by atoms with Crippen molar-refractivity contribution in [3.05, 3.63) is 36.4 Å². The van der Waals surface area contributed by atoms with Crippen LogP contribution in [0.4, 0.5) is 4.79 Å². The monoisotopic (exact) mass is 455 g/mol. The smallest absolute Gasteiger partial charge is 0.328 e. The average Bonchev–Trinajstić information content (AvgIpc) is 2.78. The van der Waals surface area contributed by atoms with Crippen molar-refractivity contribution in [2.24, 2.45) is 0 Å². The zero-order valence-electron chi connectivity index (χ0n) is 17.5. The fourth-order valence-corrected chi connectivity index (χ4v) is 2.34. The largest absolute Gasteiger partial charge is 0.508 e. The highest BCUT2D eigenvalue weighted by Crippen LogP contribution is 2.15. The molecule has 178 valence electrons. The van der Waals surface area contributed by atoms with Gasteiger partial charge in [-0.15, -0.1) is 0 Å². The summed E-state index contributed by atoms with van der Waals surface area (Å²) in [5.74, 6) is -1.76. The van der Waals surface area contributed by atoms with Gasteiger partial charge in [0.05, 0.1) is 13.2 Å². The highest BCUT2D eigenvalue weighted by Gasteiger charge is 2.15. The number of morpholine rings is 1. The van der Waals surface area contributed by atoms with Gasteiger partial charge in [-0.25, -0.2) is 14.4 Å². The minimum absolute atomic E-state index is 0.0867. The molecule has 1 saturated heterocycles. The normalized spacial score (nSPS) is 14.2. The number of phenols is 1. The zero-order valence-corrected chi connectivity index (χ0v) is 17.5. The summed E-state index contributed by atoms with van der Waals surface area (Å²) < 4.78 is 10.6. The van der Waals surface area contributed by atoms with Crippen molar-refractivity contribution in [1.29, 1.82) is 0 Å². The van der Waals surface area contributed by atoms with Gasteiger partial charge in [0.2, 0.25) is 0 Å². The maximum Gasteiger partial charge on any atom is 0.328 e. The Balaban J connectivity index is 0.000000547. The predicted octanol–water partition coefficient (Wildman–Crippen LogP) is -0.525. The van der Waals surface area contributed by atoms with Gasteiger partial charge in [0.1, 0.15) is 24.2 Å². The molecule has 0 spiro atoms. The van der Waals surface area contributed by atoms with Crippen LogP contribution in [0.2, 0.25) is 0 Å². The predicted molar refractivity (Wildman–Crippen MR) is 113 cm³/mol. The topological polar surface area (TPSA) is 178 Å². The first-order valence-corrected chi connectivity index (χ1v) is 9.83. The lowest BCUT2D eigenvalue weighted by atomic mass is 10.3. The number of amides is 2. The number of nitrogens with one attached hydrogen (secondary N) is 2. The molecule has 1 unspecified atom stereocenters. The van der Waals surface area contributed by atoms with E-state index in [0.29, 0.717) is 63.8 Å². The van der Waals surface area contributed by atoms with Gasteiger partial charge < -0.3 is 45.4 Å². The number of carbonyl (C=O) groups is 3. The minimum Gasteiger partial charge on any atom is -0.508 e. The number of aliphatic carboxylic acids is 2. The van der Waals surface area contributed by atoms with Crippen LogP contribution in [-0.2, 0) is 14.3 Å². The Hall–Kier alpha value is -3.35. The molecule has 1 aliphatic heterocycles. The summed E-state index contributed by atoms with van der Waals surface area (Å²) in [4.78, 5) is 32.7. The lowest BCUT2D eigenvalue weighted by molar-refractivity contribution is -0.134. The third-order valence-electron chi connectivity index (χ3n) is 3.90. The van der Waals surface area contributed by atoms with Gasteiger partial charge in [-0.05, 0) is 24.3 Å². The molecule has 2 amide bonds. The molecular formula is C20H29N3O9. The number of aliphatic hydroxyl groups excluding tert-OH is 1. The third kappa shape index (κ3) is 13.1. The molecule has 0 saturated carbocycles. The summed E-state index contributed by atoms with van der Waals surface area (Å²) in [7, 11) is 0. The number of ether oxygens (including phenoxy) is 2. The van der Waals surface area contributed by atoms with Crippen molar-refractivity contribution in [2.75, 3.05) is 52.5 Å². The zero-order chi connectivity index (χ0) is 23.8. The average molecular weight is 455 g/mol. The van der Waals surface area contributed by atoms with Crippen LogP contribution in [0.3, 0.4) is 0 Å². The van der Waals surface area contributed by atoms with E-state index < -0.39 is 18.0 Å². The molecular weight excluding hydrogens is 426 g/mol. The summed E-state index contributed by atoms with van der Waals surface area (Å²) in [5.41, 5.74) is 0. The maximum atomic E-state index is 11.8. The standard InChI is InChI=1S/C16H25N3O5.C4H4O4/c20-13-1-3-15(4-2-13)24-12-14(21)11-17-5-6-18-16(22)19-7-9-23-10-8-19;5-3(6)1-2-4(7)8/h1-4,14,17,20-21H,5-12H2,(H,18,22);1-2H,(H,5,6)(H,7,8). The molecule has 6 N–H and O–H groups in total. The van der Waals surface area contributed by atoms with Crippen LogP contribution in [-0.4, -0.2) is 102 Å². The number of carboxylic acid groups (broad SMARTS) is 2. The molecule has 1 aliphatic rings. The van der Waals surface area contributed by atoms with Crippen LogP contribution in [0.15, 0.2) is 36.4 Å². The molecule has 12 nitrogen and oxygen atoms in total. The number of hydrogen-bond acceptors (Lipinski definition) is 8. The van der Waals surface area contributed by atoms with Gasteiger partial charge in [0.15, 0.2) is 0 Å².